The van der Waals surface area contributed by atoms with Crippen LogP contribution in [0.1, 0.15) is 83.6 Å². The normalized spacial score (nSPS) is 29.3. The van der Waals surface area contributed by atoms with E-state index < -0.39 is 11.0 Å². The van der Waals surface area contributed by atoms with Crippen LogP contribution in [0.25, 0.3) is 0 Å². The molecule has 33 heavy (non-hydrogen) atoms. The summed E-state index contributed by atoms with van der Waals surface area (Å²) in [7, 11) is 0. The summed E-state index contributed by atoms with van der Waals surface area (Å²) in [6.07, 6.45) is 8.47. The van der Waals surface area contributed by atoms with E-state index in [1.165, 1.54) is 37.7 Å². The lowest BCUT2D eigenvalue weighted by molar-refractivity contribution is -0.161. The molecule has 2 heterocycles. The van der Waals surface area contributed by atoms with Gasteiger partial charge in [-0.2, -0.15) is 0 Å². The average Bonchev–Trinajstić information content (AvgIpc) is 3.16. The third-order valence-corrected chi connectivity index (χ3v) is 8.72. The molecule has 2 saturated heterocycles. The first-order valence-corrected chi connectivity index (χ1v) is 13.0. The van der Waals surface area contributed by atoms with Crippen molar-refractivity contribution in [1.29, 1.82) is 0 Å². The van der Waals surface area contributed by atoms with Gasteiger partial charge in [0, 0.05) is 43.3 Å². The first kappa shape index (κ1) is 24.3. The van der Waals surface area contributed by atoms with Crippen LogP contribution in [0.4, 0.5) is 0 Å². The lowest BCUT2D eigenvalue weighted by Crippen LogP contribution is -2.63. The third-order valence-electron chi connectivity index (χ3n) is 8.72. The zero-order valence-corrected chi connectivity index (χ0v) is 20.8. The lowest BCUT2D eigenvalue weighted by atomic mass is 9.69. The largest absolute Gasteiger partial charge is 0.387 e. The van der Waals surface area contributed by atoms with Gasteiger partial charge in [0.2, 0.25) is 11.8 Å². The van der Waals surface area contributed by atoms with Gasteiger partial charge >= 0.3 is 0 Å². The Bertz CT molecular complexity index is 833. The Morgan fingerprint density at radius 1 is 1.15 bits per heavy atom. The number of hydrogen-bond donors (Lipinski definition) is 1. The number of β-amino-alcohol motifs (C(OH)–C–C–N with tert-alkyl or cyclic N) is 1. The second-order valence-electron chi connectivity index (χ2n) is 11.7. The highest BCUT2D eigenvalue weighted by atomic mass is 16.3. The van der Waals surface area contributed by atoms with E-state index >= 15 is 0 Å². The van der Waals surface area contributed by atoms with Crippen LogP contribution >= 0.6 is 0 Å². The minimum atomic E-state index is -0.988. The van der Waals surface area contributed by atoms with Crippen LogP contribution in [-0.2, 0) is 9.59 Å². The number of likely N-dealkylation sites (tertiary alicyclic amines) is 2. The topological polar surface area (TPSA) is 60.9 Å². The van der Waals surface area contributed by atoms with Gasteiger partial charge in [-0.1, -0.05) is 83.2 Å². The van der Waals surface area contributed by atoms with Crippen molar-refractivity contribution >= 4 is 11.8 Å². The number of carbonyl (C=O) groups is 2. The van der Waals surface area contributed by atoms with Gasteiger partial charge in [0.15, 0.2) is 0 Å². The Balaban J connectivity index is 1.36. The number of amides is 2. The van der Waals surface area contributed by atoms with Crippen LogP contribution in [-0.4, -0.2) is 58.5 Å². The molecule has 3 aliphatic rings. The van der Waals surface area contributed by atoms with Crippen molar-refractivity contribution in [3.05, 3.63) is 35.9 Å². The summed E-state index contributed by atoms with van der Waals surface area (Å²) in [5, 5.41) is 11.7. The second-order valence-corrected chi connectivity index (χ2v) is 11.7. The predicted octanol–water partition coefficient (Wildman–Crippen LogP) is 4.60. The molecular weight excluding hydrogens is 412 g/mol. The molecule has 3 atom stereocenters. The van der Waals surface area contributed by atoms with Gasteiger partial charge in [-0.15, -0.1) is 0 Å². The molecule has 1 aromatic carbocycles. The Morgan fingerprint density at radius 2 is 1.85 bits per heavy atom. The molecule has 2 unspecified atom stereocenters. The first-order chi connectivity index (χ1) is 15.7. The average molecular weight is 455 g/mol. The second kappa shape index (κ2) is 9.77. The van der Waals surface area contributed by atoms with Gasteiger partial charge in [-0.25, -0.2) is 0 Å². The molecule has 2 aliphatic heterocycles. The SMILES string of the molecule is C[C@H](CC1CCCCC1)C(=O)N1CCC(O)(CN2CC(c3ccccc3)CC2=O)C(C)(C)C1. The fourth-order valence-corrected chi connectivity index (χ4v) is 6.37. The number of hydrogen-bond acceptors (Lipinski definition) is 3. The van der Waals surface area contributed by atoms with E-state index in [1.54, 1.807) is 0 Å². The molecule has 4 rings (SSSR count). The van der Waals surface area contributed by atoms with E-state index in [0.717, 1.165) is 6.42 Å². The molecule has 0 bridgehead atoms. The fraction of sp³-hybridized carbons (Fsp3) is 0.714. The Hall–Kier alpha value is -1.88. The van der Waals surface area contributed by atoms with Crippen molar-refractivity contribution in [2.24, 2.45) is 17.3 Å². The molecule has 1 aromatic rings. The number of piperidine rings is 1. The number of rotatable bonds is 6. The van der Waals surface area contributed by atoms with Crippen molar-refractivity contribution in [3.8, 4) is 0 Å². The van der Waals surface area contributed by atoms with Crippen molar-refractivity contribution in [1.82, 2.24) is 9.80 Å². The maximum absolute atomic E-state index is 13.2. The maximum Gasteiger partial charge on any atom is 0.225 e. The fourth-order valence-electron chi connectivity index (χ4n) is 6.37. The molecule has 0 radical (unpaired) electrons. The van der Waals surface area contributed by atoms with Crippen LogP contribution in [0, 0.1) is 17.3 Å². The molecule has 1 saturated carbocycles. The summed E-state index contributed by atoms with van der Waals surface area (Å²) in [5.74, 6) is 1.27. The van der Waals surface area contributed by atoms with Crippen molar-refractivity contribution in [3.63, 3.8) is 0 Å². The number of benzene rings is 1. The molecule has 5 nitrogen and oxygen atoms in total. The van der Waals surface area contributed by atoms with Gasteiger partial charge in [-0.05, 0) is 24.3 Å². The van der Waals surface area contributed by atoms with E-state index in [2.05, 4.69) is 19.1 Å². The lowest BCUT2D eigenvalue weighted by Gasteiger charge is -2.51. The van der Waals surface area contributed by atoms with Crippen molar-refractivity contribution in [2.45, 2.75) is 83.7 Å². The van der Waals surface area contributed by atoms with Crippen LogP contribution in [0.3, 0.4) is 0 Å². The molecule has 2 amide bonds. The highest BCUT2D eigenvalue weighted by Gasteiger charge is 2.51. The van der Waals surface area contributed by atoms with E-state index in [-0.39, 0.29) is 23.7 Å². The van der Waals surface area contributed by atoms with E-state index in [0.29, 0.717) is 44.9 Å². The minimum Gasteiger partial charge on any atom is -0.387 e. The highest BCUT2D eigenvalue weighted by molar-refractivity contribution is 5.80. The summed E-state index contributed by atoms with van der Waals surface area (Å²) in [6.45, 7) is 8.29. The summed E-state index contributed by atoms with van der Waals surface area (Å²) in [5.41, 5.74) is -0.277. The van der Waals surface area contributed by atoms with Gasteiger partial charge < -0.3 is 14.9 Å². The van der Waals surface area contributed by atoms with Gasteiger partial charge in [-0.3, -0.25) is 9.59 Å². The number of nitrogens with zero attached hydrogens (tertiary/aromatic N) is 2. The van der Waals surface area contributed by atoms with E-state index in [4.69, 9.17) is 0 Å². The summed E-state index contributed by atoms with van der Waals surface area (Å²) in [4.78, 5) is 29.9. The summed E-state index contributed by atoms with van der Waals surface area (Å²) < 4.78 is 0. The maximum atomic E-state index is 13.2. The molecule has 5 heteroatoms. The first-order valence-electron chi connectivity index (χ1n) is 13.0. The van der Waals surface area contributed by atoms with E-state index in [9.17, 15) is 14.7 Å². The van der Waals surface area contributed by atoms with Crippen LogP contribution in [0.15, 0.2) is 30.3 Å². The van der Waals surface area contributed by atoms with Crippen LogP contribution in [0.5, 0.6) is 0 Å². The van der Waals surface area contributed by atoms with Gasteiger partial charge in [0.1, 0.15) is 0 Å². The molecular formula is C28H42N2O3. The zero-order valence-electron chi connectivity index (χ0n) is 20.8. The molecule has 3 fully saturated rings. The Kier molecular flexibility index (Phi) is 7.18. The van der Waals surface area contributed by atoms with Crippen LogP contribution < -0.4 is 0 Å². The van der Waals surface area contributed by atoms with E-state index in [1.807, 2.05) is 41.8 Å². The summed E-state index contributed by atoms with van der Waals surface area (Å²) >= 11 is 0. The molecule has 0 aromatic heterocycles. The highest BCUT2D eigenvalue weighted by Crippen LogP contribution is 2.41. The smallest absolute Gasteiger partial charge is 0.225 e. The van der Waals surface area contributed by atoms with Crippen LogP contribution in [0.2, 0.25) is 0 Å². The van der Waals surface area contributed by atoms with Gasteiger partial charge in [0.25, 0.3) is 0 Å². The predicted molar refractivity (Wildman–Crippen MR) is 131 cm³/mol. The molecule has 1 N–H and O–H groups in total. The number of carbonyl (C=O) groups excluding carboxylic acids is 2. The van der Waals surface area contributed by atoms with Crippen molar-refractivity contribution in [2.75, 3.05) is 26.2 Å². The molecule has 182 valence electrons. The molecule has 0 spiro atoms. The zero-order chi connectivity index (χ0) is 23.6. The van der Waals surface area contributed by atoms with Crippen molar-refractivity contribution < 1.29 is 14.7 Å². The standard InChI is InChI=1S/C28H42N2O3/c1-21(16-22-10-6-4-7-11-22)26(32)29-15-14-28(33,27(2,3)19-29)20-30-18-24(17-25(30)31)23-12-8-5-9-13-23/h5,8-9,12-13,21-22,24,33H,4,6-7,10-11,14-20H2,1-3H3/t21-,24?,28?/m1/s1. The summed E-state index contributed by atoms with van der Waals surface area (Å²) in [6, 6.07) is 10.2. The minimum absolute atomic E-state index is 0.0434. The monoisotopic (exact) mass is 454 g/mol. The molecule has 1 aliphatic carbocycles. The quantitative estimate of drug-likeness (QED) is 0.683. The Morgan fingerprint density at radius 3 is 2.52 bits per heavy atom. The van der Waals surface area contributed by atoms with Gasteiger partial charge in [0.05, 0.1) is 12.1 Å². The Labute approximate surface area is 199 Å². The number of aliphatic hydroxyl groups is 1. The third kappa shape index (κ3) is 5.29.